The van der Waals surface area contributed by atoms with Crippen molar-refractivity contribution in [2.24, 2.45) is 5.41 Å². The Kier molecular flexibility index (Phi) is 6.65. The third-order valence-electron chi connectivity index (χ3n) is 4.93. The van der Waals surface area contributed by atoms with E-state index in [1.54, 1.807) is 11.0 Å². The number of allylic oxidation sites excluding steroid dienone is 3. The third-order valence-corrected chi connectivity index (χ3v) is 5.76. The molecule has 1 aliphatic heterocycles. The minimum atomic E-state index is -4.27. The normalized spacial score (nSPS) is 23.2. The molecule has 1 heterocycles. The second kappa shape index (κ2) is 8.16. The fourth-order valence-electron chi connectivity index (χ4n) is 3.62. The van der Waals surface area contributed by atoms with E-state index in [1.165, 1.54) is 21.9 Å². The van der Waals surface area contributed by atoms with Gasteiger partial charge in [0.25, 0.3) is 0 Å². The third kappa shape index (κ3) is 6.06. The minimum Gasteiger partial charge on any atom is -0.338 e. The van der Waals surface area contributed by atoms with E-state index in [0.29, 0.717) is 26.1 Å². The van der Waals surface area contributed by atoms with Gasteiger partial charge in [0.15, 0.2) is 0 Å². The molecule has 2 rings (SSSR count). The number of hydrogen-bond donors (Lipinski definition) is 0. The lowest BCUT2D eigenvalue weighted by molar-refractivity contribution is -0.125. The van der Waals surface area contributed by atoms with Crippen molar-refractivity contribution in [2.75, 3.05) is 26.2 Å². The van der Waals surface area contributed by atoms with Crippen LogP contribution in [0, 0.1) is 5.41 Å². The standard InChI is InChI=1S/C18H27F3N2OS/c1-14-6-4-9-17(2,3)15(14)7-8-16(24)22-10-5-11-23(13-12-22)25-18(19,20)21/h7-8H,4-6,9-13H2,1-3H3/b8-7+. The highest BCUT2D eigenvalue weighted by Gasteiger charge is 2.33. The molecule has 3 nitrogen and oxygen atoms in total. The maximum atomic E-state index is 12.5. The van der Waals surface area contributed by atoms with E-state index in [2.05, 4.69) is 20.8 Å². The Balaban J connectivity index is 1.97. The van der Waals surface area contributed by atoms with Crippen molar-refractivity contribution in [3.8, 4) is 0 Å². The fraction of sp³-hybridized carbons (Fsp3) is 0.722. The van der Waals surface area contributed by atoms with Gasteiger partial charge in [-0.15, -0.1) is 0 Å². The average molecular weight is 376 g/mol. The molecule has 0 radical (unpaired) electrons. The topological polar surface area (TPSA) is 23.6 Å². The van der Waals surface area contributed by atoms with Crippen molar-refractivity contribution < 1.29 is 18.0 Å². The number of alkyl halides is 3. The number of nitrogens with zero attached hydrogens (tertiary/aromatic N) is 2. The Morgan fingerprint density at radius 2 is 1.88 bits per heavy atom. The van der Waals surface area contributed by atoms with Crippen LogP contribution in [0.3, 0.4) is 0 Å². The van der Waals surface area contributed by atoms with Crippen molar-refractivity contribution in [2.45, 2.75) is 52.0 Å². The van der Waals surface area contributed by atoms with Gasteiger partial charge in [-0.05, 0) is 43.6 Å². The molecule has 0 aromatic carbocycles. The first kappa shape index (κ1) is 20.4. The van der Waals surface area contributed by atoms with Gasteiger partial charge < -0.3 is 4.90 Å². The average Bonchev–Trinajstić information content (AvgIpc) is 2.69. The van der Waals surface area contributed by atoms with Crippen LogP contribution >= 0.6 is 11.9 Å². The first-order chi connectivity index (χ1) is 11.6. The number of carbonyl (C=O) groups excluding carboxylic acids is 1. The van der Waals surface area contributed by atoms with E-state index >= 15 is 0 Å². The molecule has 25 heavy (non-hydrogen) atoms. The first-order valence-electron chi connectivity index (χ1n) is 8.76. The summed E-state index contributed by atoms with van der Waals surface area (Å²) in [6.45, 7) is 7.90. The molecule has 0 unspecified atom stereocenters. The van der Waals surface area contributed by atoms with Crippen LogP contribution < -0.4 is 0 Å². The first-order valence-corrected chi connectivity index (χ1v) is 9.54. The SMILES string of the molecule is CC1=C(/C=C/C(=O)N2CCCN(SC(F)(F)F)CC2)C(C)(C)CCC1. The van der Waals surface area contributed by atoms with Crippen molar-refractivity contribution in [3.63, 3.8) is 0 Å². The van der Waals surface area contributed by atoms with Gasteiger partial charge in [0.2, 0.25) is 5.91 Å². The summed E-state index contributed by atoms with van der Waals surface area (Å²) in [5.41, 5.74) is -1.66. The van der Waals surface area contributed by atoms with E-state index in [-0.39, 0.29) is 29.8 Å². The molecule has 0 atom stereocenters. The highest BCUT2D eigenvalue weighted by Crippen LogP contribution is 2.40. The summed E-state index contributed by atoms with van der Waals surface area (Å²) in [6, 6.07) is 0. The summed E-state index contributed by atoms with van der Waals surface area (Å²) in [5.74, 6) is -0.111. The van der Waals surface area contributed by atoms with Gasteiger partial charge in [0.1, 0.15) is 0 Å². The summed E-state index contributed by atoms with van der Waals surface area (Å²) < 4.78 is 38.8. The summed E-state index contributed by atoms with van der Waals surface area (Å²) in [7, 11) is 0. The lowest BCUT2D eigenvalue weighted by Crippen LogP contribution is -2.33. The van der Waals surface area contributed by atoms with Gasteiger partial charge in [-0.2, -0.15) is 13.2 Å². The predicted molar refractivity (Wildman–Crippen MR) is 95.9 cm³/mol. The van der Waals surface area contributed by atoms with Crippen molar-refractivity contribution in [3.05, 3.63) is 23.3 Å². The van der Waals surface area contributed by atoms with Gasteiger partial charge in [0.05, 0.1) is 0 Å². The molecule has 7 heteroatoms. The monoisotopic (exact) mass is 376 g/mol. The summed E-state index contributed by atoms with van der Waals surface area (Å²) in [6.07, 6.45) is 7.40. The largest absolute Gasteiger partial charge is 0.456 e. The quantitative estimate of drug-likeness (QED) is 0.524. The van der Waals surface area contributed by atoms with Gasteiger partial charge in [-0.3, -0.25) is 4.79 Å². The zero-order chi connectivity index (χ0) is 18.7. The molecule has 0 bridgehead atoms. The summed E-state index contributed by atoms with van der Waals surface area (Å²) >= 11 is -0.0892. The smallest absolute Gasteiger partial charge is 0.338 e. The van der Waals surface area contributed by atoms with E-state index < -0.39 is 5.51 Å². The Morgan fingerprint density at radius 3 is 2.52 bits per heavy atom. The fourth-order valence-corrected chi connectivity index (χ4v) is 4.31. The van der Waals surface area contributed by atoms with E-state index in [1.807, 2.05) is 6.08 Å². The highest BCUT2D eigenvalue weighted by atomic mass is 32.2. The molecule has 1 fully saturated rings. The van der Waals surface area contributed by atoms with Crippen LogP contribution in [0.4, 0.5) is 13.2 Å². The van der Waals surface area contributed by atoms with Crippen LogP contribution in [0.5, 0.6) is 0 Å². The zero-order valence-electron chi connectivity index (χ0n) is 15.2. The van der Waals surface area contributed by atoms with Gasteiger partial charge >= 0.3 is 5.51 Å². The summed E-state index contributed by atoms with van der Waals surface area (Å²) in [4.78, 5) is 14.1. The predicted octanol–water partition coefficient (Wildman–Crippen LogP) is 4.77. The number of hydrogen-bond acceptors (Lipinski definition) is 3. The molecule has 0 spiro atoms. The number of amides is 1. The number of halogens is 3. The molecule has 0 aromatic rings. The molecule has 1 aliphatic carbocycles. The Hall–Kier alpha value is -0.950. The molecule has 1 saturated heterocycles. The Morgan fingerprint density at radius 1 is 1.16 bits per heavy atom. The van der Waals surface area contributed by atoms with Crippen molar-refractivity contribution in [1.82, 2.24) is 9.21 Å². The van der Waals surface area contributed by atoms with E-state index in [4.69, 9.17) is 0 Å². The molecule has 0 N–H and O–H groups in total. The van der Waals surface area contributed by atoms with E-state index in [9.17, 15) is 18.0 Å². The summed E-state index contributed by atoms with van der Waals surface area (Å²) in [5, 5.41) is 0. The van der Waals surface area contributed by atoms with Gasteiger partial charge in [-0.25, -0.2) is 4.31 Å². The second-order valence-corrected chi connectivity index (χ2v) is 8.57. The van der Waals surface area contributed by atoms with Crippen molar-refractivity contribution in [1.29, 1.82) is 0 Å². The highest BCUT2D eigenvalue weighted by molar-refractivity contribution is 7.97. The van der Waals surface area contributed by atoms with Crippen molar-refractivity contribution >= 4 is 17.9 Å². The Bertz CT molecular complexity index is 555. The zero-order valence-corrected chi connectivity index (χ0v) is 16.0. The van der Waals surface area contributed by atoms with Crippen LogP contribution in [-0.4, -0.2) is 46.8 Å². The molecular weight excluding hydrogens is 349 g/mol. The van der Waals surface area contributed by atoms with Gasteiger partial charge in [0, 0.05) is 44.2 Å². The maximum Gasteiger partial charge on any atom is 0.456 e. The lowest BCUT2D eigenvalue weighted by atomic mass is 9.72. The molecular formula is C18H27F3N2OS. The van der Waals surface area contributed by atoms with Crippen LogP contribution in [0.15, 0.2) is 23.3 Å². The molecule has 1 amide bonds. The number of rotatable bonds is 3. The van der Waals surface area contributed by atoms with Crippen LogP contribution in [-0.2, 0) is 4.79 Å². The Labute approximate surface area is 152 Å². The molecule has 0 aromatic heterocycles. The second-order valence-electron chi connectivity index (χ2n) is 7.41. The van der Waals surface area contributed by atoms with Crippen LogP contribution in [0.1, 0.15) is 46.5 Å². The molecule has 142 valence electrons. The maximum absolute atomic E-state index is 12.5. The van der Waals surface area contributed by atoms with E-state index in [0.717, 1.165) is 12.8 Å². The van der Waals surface area contributed by atoms with Gasteiger partial charge in [-0.1, -0.05) is 25.5 Å². The van der Waals surface area contributed by atoms with Crippen LogP contribution in [0.25, 0.3) is 0 Å². The molecule has 2 aliphatic rings. The number of carbonyl (C=O) groups is 1. The lowest BCUT2D eigenvalue weighted by Gasteiger charge is -2.33. The molecule has 0 saturated carbocycles. The van der Waals surface area contributed by atoms with Crippen LogP contribution in [0.2, 0.25) is 0 Å². The minimum absolute atomic E-state index is 0.0675.